The number of aryl methyl sites for hydroxylation is 1. The molecule has 0 aromatic heterocycles. The number of anilines is 2. The first-order valence-corrected chi connectivity index (χ1v) is 13.6. The Labute approximate surface area is 208 Å². The third-order valence-corrected chi connectivity index (χ3v) is 8.89. The van der Waals surface area contributed by atoms with Crippen molar-refractivity contribution in [1.29, 1.82) is 5.41 Å². The van der Waals surface area contributed by atoms with Crippen LogP contribution in [0.4, 0.5) is 15.8 Å². The van der Waals surface area contributed by atoms with Gasteiger partial charge in [-0.2, -0.15) is 17.0 Å². The van der Waals surface area contributed by atoms with Gasteiger partial charge in [0.05, 0.1) is 0 Å². The standard InChI is InChI=1S/C26H36FN5O2S/c1-18(2)16-31-11-12-32(35(33,34)30(4)23-9-10-23)17-26(31)24-14-20(15-28)25(13-19(24)3)29-22-7-5-21(27)6-8-22/h5-8,13-15,18,23,26,28-29H,9-12,16-17H2,1-4H3/t26-/m0/s1. The van der Waals surface area contributed by atoms with Gasteiger partial charge in [-0.1, -0.05) is 13.8 Å². The van der Waals surface area contributed by atoms with E-state index in [2.05, 4.69) is 24.1 Å². The predicted molar refractivity (Wildman–Crippen MR) is 139 cm³/mol. The number of rotatable bonds is 9. The number of nitrogens with one attached hydrogen (secondary N) is 2. The summed E-state index contributed by atoms with van der Waals surface area (Å²) in [5.74, 6) is 0.139. The summed E-state index contributed by atoms with van der Waals surface area (Å²) in [4.78, 5) is 2.37. The van der Waals surface area contributed by atoms with Gasteiger partial charge in [0.2, 0.25) is 0 Å². The molecule has 2 aromatic rings. The highest BCUT2D eigenvalue weighted by molar-refractivity contribution is 7.86. The van der Waals surface area contributed by atoms with Gasteiger partial charge in [-0.3, -0.25) is 4.90 Å². The second kappa shape index (κ2) is 10.3. The van der Waals surface area contributed by atoms with Crippen molar-refractivity contribution in [2.75, 3.05) is 38.5 Å². The van der Waals surface area contributed by atoms with Crippen molar-refractivity contribution in [3.05, 3.63) is 58.9 Å². The zero-order valence-corrected chi connectivity index (χ0v) is 21.8. The minimum Gasteiger partial charge on any atom is -0.355 e. The smallest absolute Gasteiger partial charge is 0.282 e. The number of piperazine rings is 1. The molecule has 190 valence electrons. The highest BCUT2D eigenvalue weighted by atomic mass is 32.2. The lowest BCUT2D eigenvalue weighted by molar-refractivity contribution is 0.101. The minimum absolute atomic E-state index is 0.105. The lowest BCUT2D eigenvalue weighted by atomic mass is 9.94. The zero-order chi connectivity index (χ0) is 25.3. The van der Waals surface area contributed by atoms with Crippen molar-refractivity contribution in [3.63, 3.8) is 0 Å². The number of hydrogen-bond acceptors (Lipinski definition) is 5. The predicted octanol–water partition coefficient (Wildman–Crippen LogP) is 4.53. The van der Waals surface area contributed by atoms with E-state index in [0.717, 1.165) is 41.9 Å². The molecule has 1 aliphatic heterocycles. The lowest BCUT2D eigenvalue weighted by Gasteiger charge is -2.43. The molecule has 1 heterocycles. The monoisotopic (exact) mass is 501 g/mol. The second-order valence-electron chi connectivity index (χ2n) is 10.1. The van der Waals surface area contributed by atoms with Crippen molar-refractivity contribution in [3.8, 4) is 0 Å². The normalized spacial score (nSPS) is 19.9. The van der Waals surface area contributed by atoms with E-state index < -0.39 is 10.2 Å². The summed E-state index contributed by atoms with van der Waals surface area (Å²) in [5, 5.41) is 11.3. The van der Waals surface area contributed by atoms with E-state index in [4.69, 9.17) is 5.41 Å². The van der Waals surface area contributed by atoms with Gasteiger partial charge in [-0.25, -0.2) is 4.39 Å². The maximum atomic E-state index is 13.3. The molecule has 2 fully saturated rings. The fourth-order valence-electron chi connectivity index (χ4n) is 4.81. The van der Waals surface area contributed by atoms with Crippen LogP contribution in [0.3, 0.4) is 0 Å². The number of halogens is 1. The van der Waals surface area contributed by atoms with Gasteiger partial charge in [0, 0.05) is 68.5 Å². The van der Waals surface area contributed by atoms with Crippen molar-refractivity contribution in [2.45, 2.75) is 45.7 Å². The molecule has 2 aromatic carbocycles. The first-order chi connectivity index (χ1) is 16.6. The largest absolute Gasteiger partial charge is 0.355 e. The summed E-state index contributed by atoms with van der Waals surface area (Å²) >= 11 is 0. The average Bonchev–Trinajstić information content (AvgIpc) is 3.66. The molecule has 0 amide bonds. The summed E-state index contributed by atoms with van der Waals surface area (Å²) in [6.07, 6.45) is 3.16. The Hall–Kier alpha value is -2.33. The average molecular weight is 502 g/mol. The number of hydrogen-bond donors (Lipinski definition) is 2. The highest BCUT2D eigenvalue weighted by Crippen LogP contribution is 2.35. The van der Waals surface area contributed by atoms with Crippen LogP contribution < -0.4 is 5.32 Å². The van der Waals surface area contributed by atoms with E-state index >= 15 is 0 Å². The Morgan fingerprint density at radius 2 is 1.89 bits per heavy atom. The third-order valence-electron chi connectivity index (χ3n) is 6.88. The molecule has 7 nitrogen and oxygen atoms in total. The molecule has 0 unspecified atom stereocenters. The topological polar surface area (TPSA) is 79.7 Å². The summed E-state index contributed by atoms with van der Waals surface area (Å²) < 4.78 is 43.1. The lowest BCUT2D eigenvalue weighted by Crippen LogP contribution is -2.54. The fourth-order valence-corrected chi connectivity index (χ4v) is 6.41. The van der Waals surface area contributed by atoms with Crippen LogP contribution in [0.5, 0.6) is 0 Å². The van der Waals surface area contributed by atoms with E-state index in [9.17, 15) is 12.8 Å². The molecule has 35 heavy (non-hydrogen) atoms. The SMILES string of the molecule is Cc1cc(Nc2ccc(F)cc2)c(C=N)cc1[C@@H]1CN(S(=O)(=O)N(C)C2CC2)CCN1CC(C)C. The van der Waals surface area contributed by atoms with Crippen LogP contribution in [0.25, 0.3) is 0 Å². The molecular weight excluding hydrogens is 465 g/mol. The Balaban J connectivity index is 1.66. The van der Waals surface area contributed by atoms with Gasteiger partial charge in [0.1, 0.15) is 5.82 Å². The van der Waals surface area contributed by atoms with E-state index in [0.29, 0.717) is 31.1 Å². The quantitative estimate of drug-likeness (QED) is 0.495. The summed E-state index contributed by atoms with van der Waals surface area (Å²) in [6.45, 7) is 8.76. The molecule has 0 radical (unpaired) electrons. The van der Waals surface area contributed by atoms with E-state index in [1.165, 1.54) is 22.7 Å². The second-order valence-corrected chi connectivity index (χ2v) is 12.1. The van der Waals surface area contributed by atoms with Gasteiger partial charge in [-0.15, -0.1) is 0 Å². The third kappa shape index (κ3) is 5.74. The van der Waals surface area contributed by atoms with Crippen LogP contribution in [0.2, 0.25) is 0 Å². The van der Waals surface area contributed by atoms with Crippen molar-refractivity contribution in [1.82, 2.24) is 13.5 Å². The van der Waals surface area contributed by atoms with E-state index in [-0.39, 0.29) is 17.9 Å². The van der Waals surface area contributed by atoms with Gasteiger partial charge in [-0.05, 0) is 73.2 Å². The van der Waals surface area contributed by atoms with Crippen molar-refractivity contribution < 1.29 is 12.8 Å². The Bertz CT molecular complexity index is 1170. The van der Waals surface area contributed by atoms with Gasteiger partial charge in [0.15, 0.2) is 0 Å². The molecule has 0 bridgehead atoms. The molecule has 1 atom stereocenters. The van der Waals surface area contributed by atoms with Crippen LogP contribution in [-0.2, 0) is 10.2 Å². The summed E-state index contributed by atoms with van der Waals surface area (Å²) in [6, 6.07) is 10.1. The van der Waals surface area contributed by atoms with Gasteiger partial charge < -0.3 is 10.7 Å². The molecule has 4 rings (SSSR count). The molecular formula is C26H36FN5O2S. The first kappa shape index (κ1) is 25.8. The molecule has 0 spiro atoms. The zero-order valence-electron chi connectivity index (χ0n) is 21.0. The summed E-state index contributed by atoms with van der Waals surface area (Å²) in [5.41, 5.74) is 4.25. The fraction of sp³-hybridized carbons (Fsp3) is 0.500. The highest BCUT2D eigenvalue weighted by Gasteiger charge is 2.41. The minimum atomic E-state index is -3.52. The Kier molecular flexibility index (Phi) is 7.61. The van der Waals surface area contributed by atoms with Crippen LogP contribution in [-0.4, -0.2) is 67.4 Å². The molecule has 1 saturated carbocycles. The number of nitrogens with zero attached hydrogens (tertiary/aromatic N) is 3. The Morgan fingerprint density at radius 3 is 2.49 bits per heavy atom. The van der Waals surface area contributed by atoms with Crippen molar-refractivity contribution in [2.24, 2.45) is 5.92 Å². The molecule has 1 aliphatic carbocycles. The maximum absolute atomic E-state index is 13.3. The van der Waals surface area contributed by atoms with Gasteiger partial charge >= 0.3 is 0 Å². The van der Waals surface area contributed by atoms with Crippen LogP contribution >= 0.6 is 0 Å². The van der Waals surface area contributed by atoms with Crippen molar-refractivity contribution >= 4 is 27.8 Å². The number of benzene rings is 2. The maximum Gasteiger partial charge on any atom is 0.282 e. The summed E-state index contributed by atoms with van der Waals surface area (Å²) in [7, 11) is -1.83. The van der Waals surface area contributed by atoms with E-state index in [1.807, 2.05) is 19.1 Å². The molecule has 2 aliphatic rings. The van der Waals surface area contributed by atoms with Gasteiger partial charge in [0.25, 0.3) is 10.2 Å². The molecule has 1 saturated heterocycles. The van der Waals surface area contributed by atoms with Crippen LogP contribution in [0, 0.1) is 24.1 Å². The Morgan fingerprint density at radius 1 is 1.20 bits per heavy atom. The first-order valence-electron chi connectivity index (χ1n) is 12.2. The molecule has 2 N–H and O–H groups in total. The molecule has 9 heteroatoms. The van der Waals surface area contributed by atoms with Crippen LogP contribution in [0.15, 0.2) is 36.4 Å². The van der Waals surface area contributed by atoms with E-state index in [1.54, 1.807) is 23.5 Å². The van der Waals surface area contributed by atoms with Crippen LogP contribution in [0.1, 0.15) is 49.4 Å².